The summed E-state index contributed by atoms with van der Waals surface area (Å²) in [7, 11) is 0. The van der Waals surface area contributed by atoms with Crippen molar-refractivity contribution in [2.24, 2.45) is 5.92 Å². The zero-order chi connectivity index (χ0) is 10.0. The van der Waals surface area contributed by atoms with Gasteiger partial charge < -0.3 is 4.79 Å². The minimum atomic E-state index is 0.292. The summed E-state index contributed by atoms with van der Waals surface area (Å²) in [5.74, 6) is 0.292. The highest BCUT2D eigenvalue weighted by Crippen LogP contribution is 2.27. The second kappa shape index (κ2) is 4.23. The van der Waals surface area contributed by atoms with Crippen LogP contribution < -0.4 is 0 Å². The summed E-state index contributed by atoms with van der Waals surface area (Å²) in [6.45, 7) is 8.92. The molecule has 1 aliphatic rings. The van der Waals surface area contributed by atoms with E-state index in [0.29, 0.717) is 24.0 Å². The van der Waals surface area contributed by atoms with Crippen LogP contribution in [0.4, 0.5) is 0 Å². The van der Waals surface area contributed by atoms with Crippen LogP contribution in [0.1, 0.15) is 40.5 Å². The van der Waals surface area contributed by atoms with E-state index in [4.69, 9.17) is 0 Å². The van der Waals surface area contributed by atoms with E-state index < -0.39 is 0 Å². The van der Waals surface area contributed by atoms with Gasteiger partial charge in [0.15, 0.2) is 0 Å². The van der Waals surface area contributed by atoms with Gasteiger partial charge in [0, 0.05) is 24.0 Å². The van der Waals surface area contributed by atoms with Crippen molar-refractivity contribution in [3.63, 3.8) is 0 Å². The Morgan fingerprint density at radius 2 is 1.69 bits per heavy atom. The number of aldehydes is 1. The summed E-state index contributed by atoms with van der Waals surface area (Å²) in [5.41, 5.74) is 0. The quantitative estimate of drug-likeness (QED) is 0.611. The maximum absolute atomic E-state index is 10.7. The van der Waals surface area contributed by atoms with Gasteiger partial charge in [-0.25, -0.2) is 0 Å². The third-order valence-electron chi connectivity index (χ3n) is 3.09. The number of piperidine rings is 1. The SMILES string of the molecule is CC(C)N1[C@H](C)CC(C=O)C[C@@H]1C. The molecule has 0 aliphatic carbocycles. The monoisotopic (exact) mass is 183 g/mol. The molecule has 2 nitrogen and oxygen atoms in total. The number of likely N-dealkylation sites (tertiary alicyclic amines) is 1. The highest BCUT2D eigenvalue weighted by molar-refractivity contribution is 5.53. The zero-order valence-electron chi connectivity index (χ0n) is 9.16. The van der Waals surface area contributed by atoms with Crippen molar-refractivity contribution >= 4 is 6.29 Å². The van der Waals surface area contributed by atoms with Crippen molar-refractivity contribution in [1.82, 2.24) is 4.90 Å². The Bertz CT molecular complexity index is 167. The summed E-state index contributed by atoms with van der Waals surface area (Å²) in [6.07, 6.45) is 3.20. The van der Waals surface area contributed by atoms with Crippen molar-refractivity contribution in [3.05, 3.63) is 0 Å². The molecule has 0 bridgehead atoms. The molecule has 0 aromatic rings. The number of carbonyl (C=O) groups excluding carboxylic acids is 1. The lowest BCUT2D eigenvalue weighted by molar-refractivity contribution is -0.114. The van der Waals surface area contributed by atoms with E-state index in [1.807, 2.05) is 0 Å². The van der Waals surface area contributed by atoms with Crippen LogP contribution in [0.3, 0.4) is 0 Å². The minimum absolute atomic E-state index is 0.292. The third-order valence-corrected chi connectivity index (χ3v) is 3.09. The first-order valence-corrected chi connectivity index (χ1v) is 5.29. The molecular formula is C11H21NO. The number of hydrogen-bond acceptors (Lipinski definition) is 2. The van der Waals surface area contributed by atoms with Gasteiger partial charge in [-0.2, -0.15) is 0 Å². The lowest BCUT2D eigenvalue weighted by Crippen LogP contribution is -2.50. The van der Waals surface area contributed by atoms with E-state index in [-0.39, 0.29) is 0 Å². The molecule has 0 aromatic carbocycles. The number of hydrogen-bond donors (Lipinski definition) is 0. The third kappa shape index (κ3) is 2.31. The summed E-state index contributed by atoms with van der Waals surface area (Å²) in [5, 5.41) is 0. The molecule has 1 saturated heterocycles. The molecule has 76 valence electrons. The Labute approximate surface area is 81.3 Å². The molecular weight excluding hydrogens is 162 g/mol. The maximum Gasteiger partial charge on any atom is 0.123 e. The fourth-order valence-corrected chi connectivity index (χ4v) is 2.78. The average molecular weight is 183 g/mol. The van der Waals surface area contributed by atoms with Crippen LogP contribution >= 0.6 is 0 Å². The van der Waals surface area contributed by atoms with Gasteiger partial charge in [0.2, 0.25) is 0 Å². The minimum Gasteiger partial charge on any atom is -0.303 e. The van der Waals surface area contributed by atoms with Gasteiger partial charge in [0.25, 0.3) is 0 Å². The van der Waals surface area contributed by atoms with Gasteiger partial charge in [-0.3, -0.25) is 4.90 Å². The van der Waals surface area contributed by atoms with Crippen LogP contribution in [0.2, 0.25) is 0 Å². The fraction of sp³-hybridized carbons (Fsp3) is 0.909. The summed E-state index contributed by atoms with van der Waals surface area (Å²) >= 11 is 0. The molecule has 1 rings (SSSR count). The summed E-state index contributed by atoms with van der Waals surface area (Å²) < 4.78 is 0. The summed E-state index contributed by atoms with van der Waals surface area (Å²) in [6, 6.07) is 1.70. The number of carbonyl (C=O) groups is 1. The first kappa shape index (κ1) is 10.7. The highest BCUT2D eigenvalue weighted by atomic mass is 16.1. The van der Waals surface area contributed by atoms with Crippen LogP contribution in [0.5, 0.6) is 0 Å². The van der Waals surface area contributed by atoms with Crippen LogP contribution in [-0.4, -0.2) is 29.3 Å². The Kier molecular flexibility index (Phi) is 3.48. The predicted molar refractivity (Wildman–Crippen MR) is 54.7 cm³/mol. The van der Waals surface area contributed by atoms with Crippen LogP contribution in [0.25, 0.3) is 0 Å². The lowest BCUT2D eigenvalue weighted by Gasteiger charge is -2.43. The largest absolute Gasteiger partial charge is 0.303 e. The molecule has 2 heteroatoms. The van der Waals surface area contributed by atoms with E-state index in [9.17, 15) is 4.79 Å². The van der Waals surface area contributed by atoms with Crippen molar-refractivity contribution < 1.29 is 4.79 Å². The standard InChI is InChI=1S/C11H21NO/c1-8(2)12-9(3)5-11(7-13)6-10(12)4/h7-11H,5-6H2,1-4H3/t9-,10+,11?. The molecule has 0 spiro atoms. The van der Waals surface area contributed by atoms with Gasteiger partial charge >= 0.3 is 0 Å². The molecule has 1 aliphatic heterocycles. The van der Waals surface area contributed by atoms with Crippen molar-refractivity contribution in [3.8, 4) is 0 Å². The normalized spacial score (nSPS) is 36.5. The smallest absolute Gasteiger partial charge is 0.123 e. The lowest BCUT2D eigenvalue weighted by atomic mass is 9.87. The van der Waals surface area contributed by atoms with Gasteiger partial charge in [0.05, 0.1) is 0 Å². The fourth-order valence-electron chi connectivity index (χ4n) is 2.78. The van der Waals surface area contributed by atoms with Gasteiger partial charge in [-0.05, 0) is 40.5 Å². The van der Waals surface area contributed by atoms with E-state index in [1.54, 1.807) is 0 Å². The Hall–Kier alpha value is -0.370. The van der Waals surface area contributed by atoms with Gasteiger partial charge in [-0.15, -0.1) is 0 Å². The molecule has 13 heavy (non-hydrogen) atoms. The maximum atomic E-state index is 10.7. The van der Waals surface area contributed by atoms with Crippen LogP contribution in [-0.2, 0) is 4.79 Å². The first-order chi connectivity index (χ1) is 6.06. The second-order valence-corrected chi connectivity index (χ2v) is 4.61. The van der Waals surface area contributed by atoms with Crippen LogP contribution in [0, 0.1) is 5.92 Å². The first-order valence-electron chi connectivity index (χ1n) is 5.29. The topological polar surface area (TPSA) is 20.3 Å². The van der Waals surface area contributed by atoms with E-state index in [1.165, 1.54) is 0 Å². The van der Waals surface area contributed by atoms with E-state index >= 15 is 0 Å². The van der Waals surface area contributed by atoms with Crippen molar-refractivity contribution in [2.45, 2.75) is 58.7 Å². The zero-order valence-corrected chi connectivity index (χ0v) is 9.16. The Morgan fingerprint density at radius 1 is 1.23 bits per heavy atom. The average Bonchev–Trinajstić information content (AvgIpc) is 2.02. The molecule has 0 radical (unpaired) electrons. The molecule has 0 saturated carbocycles. The summed E-state index contributed by atoms with van der Waals surface area (Å²) in [4.78, 5) is 13.2. The van der Waals surface area contributed by atoms with Gasteiger partial charge in [-0.1, -0.05) is 0 Å². The molecule has 1 heterocycles. The molecule has 1 unspecified atom stereocenters. The van der Waals surface area contributed by atoms with E-state index in [0.717, 1.165) is 19.1 Å². The molecule has 0 amide bonds. The van der Waals surface area contributed by atoms with Crippen molar-refractivity contribution in [2.75, 3.05) is 0 Å². The molecule has 0 N–H and O–H groups in total. The molecule has 0 aromatic heterocycles. The van der Waals surface area contributed by atoms with Crippen molar-refractivity contribution in [1.29, 1.82) is 0 Å². The second-order valence-electron chi connectivity index (χ2n) is 4.61. The predicted octanol–water partition coefficient (Wildman–Crippen LogP) is 2.08. The van der Waals surface area contributed by atoms with E-state index in [2.05, 4.69) is 32.6 Å². The van der Waals surface area contributed by atoms with Gasteiger partial charge in [0.1, 0.15) is 6.29 Å². The number of rotatable bonds is 2. The molecule has 1 fully saturated rings. The molecule has 3 atom stereocenters. The number of nitrogens with zero attached hydrogens (tertiary/aromatic N) is 1. The highest BCUT2D eigenvalue weighted by Gasteiger charge is 2.31. The van der Waals surface area contributed by atoms with Crippen LogP contribution in [0.15, 0.2) is 0 Å². The Morgan fingerprint density at radius 3 is 2.00 bits per heavy atom. The Balaban J connectivity index is 2.64.